The van der Waals surface area contributed by atoms with Crippen LogP contribution in [0.5, 0.6) is 5.75 Å². The number of nitro groups is 1. The van der Waals surface area contributed by atoms with Crippen LogP contribution in [0, 0.1) is 10.1 Å². The van der Waals surface area contributed by atoms with Gasteiger partial charge < -0.3 is 13.9 Å². The summed E-state index contributed by atoms with van der Waals surface area (Å²) in [5, 5.41) is 11.8. The van der Waals surface area contributed by atoms with Crippen molar-refractivity contribution < 1.29 is 23.6 Å². The highest BCUT2D eigenvalue weighted by Crippen LogP contribution is 2.35. The van der Waals surface area contributed by atoms with Crippen LogP contribution in [-0.4, -0.2) is 29.2 Å². The van der Waals surface area contributed by atoms with Crippen LogP contribution >= 0.6 is 22.9 Å². The summed E-state index contributed by atoms with van der Waals surface area (Å²) in [5.41, 5.74) is 1.30. The molecule has 0 saturated heterocycles. The van der Waals surface area contributed by atoms with Crippen LogP contribution in [0.1, 0.15) is 31.2 Å². The number of aromatic nitrogens is 1. The summed E-state index contributed by atoms with van der Waals surface area (Å²) in [6.45, 7) is 3.59. The molecule has 0 N–H and O–H groups in total. The molecule has 4 aromatic rings. The summed E-state index contributed by atoms with van der Waals surface area (Å²) in [5.74, 6) is 0.521. The molecule has 0 amide bonds. The number of hydrogen-bond acceptors (Lipinski definition) is 9. The molecular formula is C28H22ClN3O7S. The largest absolute Gasteiger partial charge is 0.496 e. The molecule has 40 heavy (non-hydrogen) atoms. The second kappa shape index (κ2) is 10.9. The number of nitro benzene ring substituents is 1. The van der Waals surface area contributed by atoms with Crippen molar-refractivity contribution in [1.82, 2.24) is 4.57 Å². The van der Waals surface area contributed by atoms with E-state index in [-0.39, 0.29) is 23.4 Å². The third kappa shape index (κ3) is 4.96. The lowest BCUT2D eigenvalue weighted by Gasteiger charge is -2.24. The molecule has 0 fully saturated rings. The van der Waals surface area contributed by atoms with Crippen molar-refractivity contribution in [2.75, 3.05) is 13.7 Å². The number of nitrogens with zero attached hydrogens (tertiary/aromatic N) is 3. The Kier molecular flexibility index (Phi) is 7.42. The topological polar surface area (TPSA) is 126 Å². The summed E-state index contributed by atoms with van der Waals surface area (Å²) in [6.07, 6.45) is 1.57. The Morgan fingerprint density at radius 3 is 2.65 bits per heavy atom. The predicted molar refractivity (Wildman–Crippen MR) is 149 cm³/mol. The van der Waals surface area contributed by atoms with Crippen LogP contribution in [0.3, 0.4) is 0 Å². The molecule has 0 spiro atoms. The van der Waals surface area contributed by atoms with Gasteiger partial charge in [-0.2, -0.15) is 0 Å². The van der Waals surface area contributed by atoms with E-state index in [1.807, 2.05) is 0 Å². The molecule has 12 heteroatoms. The van der Waals surface area contributed by atoms with Gasteiger partial charge in [0.25, 0.3) is 11.2 Å². The number of rotatable bonds is 7. The van der Waals surface area contributed by atoms with Gasteiger partial charge in [-0.25, -0.2) is 9.79 Å². The normalized spacial score (nSPS) is 15.0. The van der Waals surface area contributed by atoms with Gasteiger partial charge in [-0.15, -0.1) is 0 Å². The number of fused-ring (bicyclic) bond motifs is 1. The molecule has 2 aromatic heterocycles. The van der Waals surface area contributed by atoms with E-state index in [2.05, 4.69) is 4.99 Å². The van der Waals surface area contributed by atoms with Crippen molar-refractivity contribution in [2.24, 2.45) is 4.99 Å². The minimum absolute atomic E-state index is 0.114. The van der Waals surface area contributed by atoms with Crippen molar-refractivity contribution in [3.63, 3.8) is 0 Å². The maximum Gasteiger partial charge on any atom is 0.338 e. The molecule has 3 heterocycles. The summed E-state index contributed by atoms with van der Waals surface area (Å²) < 4.78 is 18.4. The molecule has 2 aromatic carbocycles. The first-order valence-electron chi connectivity index (χ1n) is 12.1. The lowest BCUT2D eigenvalue weighted by Crippen LogP contribution is -2.39. The minimum atomic E-state index is -0.768. The first kappa shape index (κ1) is 27.1. The second-order valence-corrected chi connectivity index (χ2v) is 10.1. The number of carbonyl (C=O) groups excluding carboxylic acids is 1. The average molecular weight is 580 g/mol. The molecule has 0 aliphatic carbocycles. The molecule has 1 aliphatic heterocycles. The highest BCUT2D eigenvalue weighted by Gasteiger charge is 2.33. The van der Waals surface area contributed by atoms with E-state index in [1.54, 1.807) is 56.3 Å². The molecule has 0 radical (unpaired) electrons. The summed E-state index contributed by atoms with van der Waals surface area (Å²) >= 11 is 7.25. The van der Waals surface area contributed by atoms with Crippen molar-refractivity contribution in [3.05, 3.63) is 112 Å². The molecule has 0 saturated carbocycles. The molecule has 5 rings (SSSR count). The number of allylic oxidation sites excluding steroid dienone is 1. The Hall–Kier alpha value is -4.48. The van der Waals surface area contributed by atoms with Crippen molar-refractivity contribution in [1.29, 1.82) is 0 Å². The maximum atomic E-state index is 13.7. The highest BCUT2D eigenvalue weighted by molar-refractivity contribution is 7.07. The summed E-state index contributed by atoms with van der Waals surface area (Å²) in [7, 11) is 1.46. The number of ether oxygens (including phenoxy) is 2. The van der Waals surface area contributed by atoms with Gasteiger partial charge in [0.2, 0.25) is 0 Å². The predicted octanol–water partition coefficient (Wildman–Crippen LogP) is 4.63. The van der Waals surface area contributed by atoms with Crippen molar-refractivity contribution >= 4 is 40.7 Å². The Morgan fingerprint density at radius 1 is 1.23 bits per heavy atom. The SMILES string of the molecule is CCOC(=O)C1=C(C)N=c2sc(=Cc3ccc(-c4cc([N+](=O)[O-])ccc4OC)o3)c(=O)n2C1c1ccc(Cl)cc1. The summed E-state index contributed by atoms with van der Waals surface area (Å²) in [6, 6.07) is 13.6. The molecule has 204 valence electrons. The lowest BCUT2D eigenvalue weighted by atomic mass is 9.96. The molecule has 0 bridgehead atoms. The maximum absolute atomic E-state index is 13.7. The fourth-order valence-electron chi connectivity index (χ4n) is 4.46. The van der Waals surface area contributed by atoms with E-state index < -0.39 is 16.9 Å². The van der Waals surface area contributed by atoms with E-state index >= 15 is 0 Å². The Labute approximate surface area is 236 Å². The minimum Gasteiger partial charge on any atom is -0.496 e. The molecule has 10 nitrogen and oxygen atoms in total. The Bertz CT molecular complexity index is 1850. The number of halogens is 1. The Morgan fingerprint density at radius 2 is 1.98 bits per heavy atom. The quantitative estimate of drug-likeness (QED) is 0.177. The van der Waals surface area contributed by atoms with Crippen LogP contribution in [-0.2, 0) is 9.53 Å². The lowest BCUT2D eigenvalue weighted by molar-refractivity contribution is -0.384. The third-order valence-corrected chi connectivity index (χ3v) is 7.50. The number of thiazole rings is 1. The van der Waals surface area contributed by atoms with E-state index in [1.165, 1.54) is 29.9 Å². The standard InChI is InChI=1S/C28H22ClN3O7S/c1-4-38-27(34)24-15(2)30-28-31(25(24)16-5-7-17(29)8-6-16)26(33)23(40-28)14-19-10-12-22(39-19)20-13-18(32(35)36)9-11-21(20)37-3/h5-14,25H,4H2,1-3H3. The molecule has 1 aliphatic rings. The zero-order chi connectivity index (χ0) is 28.6. The van der Waals surface area contributed by atoms with Crippen LogP contribution in [0.4, 0.5) is 5.69 Å². The smallest absolute Gasteiger partial charge is 0.338 e. The van der Waals surface area contributed by atoms with Gasteiger partial charge in [-0.1, -0.05) is 35.1 Å². The first-order valence-corrected chi connectivity index (χ1v) is 13.3. The number of hydrogen-bond donors (Lipinski definition) is 0. The van der Waals surface area contributed by atoms with Gasteiger partial charge in [0, 0.05) is 23.2 Å². The van der Waals surface area contributed by atoms with E-state index in [0.29, 0.717) is 48.5 Å². The van der Waals surface area contributed by atoms with Gasteiger partial charge in [0.1, 0.15) is 17.3 Å². The Balaban J connectivity index is 1.63. The van der Waals surface area contributed by atoms with Crippen LogP contribution in [0.25, 0.3) is 17.4 Å². The third-order valence-electron chi connectivity index (χ3n) is 6.26. The molecule has 1 unspecified atom stereocenters. The number of furan rings is 1. The van der Waals surface area contributed by atoms with Gasteiger partial charge >= 0.3 is 5.97 Å². The zero-order valence-corrected chi connectivity index (χ0v) is 23.1. The van der Waals surface area contributed by atoms with E-state index in [4.69, 9.17) is 25.5 Å². The van der Waals surface area contributed by atoms with E-state index in [9.17, 15) is 19.7 Å². The van der Waals surface area contributed by atoms with Crippen LogP contribution in [0.15, 0.2) is 80.1 Å². The van der Waals surface area contributed by atoms with E-state index in [0.717, 1.165) is 11.3 Å². The van der Waals surface area contributed by atoms with Gasteiger partial charge in [-0.05, 0) is 49.7 Å². The van der Waals surface area contributed by atoms with Gasteiger partial charge in [0.05, 0.1) is 46.0 Å². The number of carbonyl (C=O) groups is 1. The first-order chi connectivity index (χ1) is 19.2. The fourth-order valence-corrected chi connectivity index (χ4v) is 5.61. The van der Waals surface area contributed by atoms with Crippen LogP contribution < -0.4 is 19.6 Å². The number of methoxy groups -OCH3 is 1. The zero-order valence-electron chi connectivity index (χ0n) is 21.5. The monoisotopic (exact) mass is 579 g/mol. The highest BCUT2D eigenvalue weighted by atomic mass is 35.5. The number of non-ortho nitro benzene ring substituents is 1. The van der Waals surface area contributed by atoms with Crippen molar-refractivity contribution in [2.45, 2.75) is 19.9 Å². The van der Waals surface area contributed by atoms with Crippen molar-refractivity contribution in [3.8, 4) is 17.1 Å². The number of benzene rings is 2. The summed E-state index contributed by atoms with van der Waals surface area (Å²) in [4.78, 5) is 42.5. The number of esters is 1. The fraction of sp³-hybridized carbons (Fsp3) is 0.179. The molecular weight excluding hydrogens is 558 g/mol. The van der Waals surface area contributed by atoms with Gasteiger partial charge in [0.15, 0.2) is 4.80 Å². The second-order valence-electron chi connectivity index (χ2n) is 8.70. The van der Waals surface area contributed by atoms with Crippen LogP contribution in [0.2, 0.25) is 5.02 Å². The molecule has 1 atom stereocenters. The van der Waals surface area contributed by atoms with Gasteiger partial charge in [-0.3, -0.25) is 19.5 Å². The average Bonchev–Trinajstić information content (AvgIpc) is 3.52.